The molecule has 0 aliphatic carbocycles. The summed E-state index contributed by atoms with van der Waals surface area (Å²) in [6, 6.07) is 66.9. The number of fused-ring (bicyclic) bond motifs is 6. The van der Waals surface area contributed by atoms with Gasteiger partial charge in [0.05, 0.1) is 28.8 Å². The van der Waals surface area contributed by atoms with Crippen LogP contribution in [0.1, 0.15) is 0 Å². The van der Waals surface area contributed by atoms with E-state index in [4.69, 9.17) is 21.5 Å². The van der Waals surface area contributed by atoms with Gasteiger partial charge in [-0.15, -0.1) is 0 Å². The average Bonchev–Trinajstić information content (AvgIpc) is 3.82. The minimum absolute atomic E-state index is 0.552. The van der Waals surface area contributed by atoms with Gasteiger partial charge in [-0.2, -0.15) is 0 Å². The Kier molecular flexibility index (Phi) is 7.76. The molecule has 0 amide bonds. The monoisotopic (exact) mass is 740 g/mol. The van der Waals surface area contributed by atoms with E-state index in [0.717, 1.165) is 72.0 Å². The van der Waals surface area contributed by atoms with E-state index in [2.05, 4.69) is 135 Å². The molecule has 6 nitrogen and oxygen atoms in total. The predicted molar refractivity (Wildman–Crippen MR) is 237 cm³/mol. The number of nitrogens with zero attached hydrogens (tertiary/aromatic N) is 6. The van der Waals surface area contributed by atoms with Gasteiger partial charge in [0, 0.05) is 49.4 Å². The van der Waals surface area contributed by atoms with Crippen molar-refractivity contribution in [2.45, 2.75) is 0 Å². The van der Waals surface area contributed by atoms with Crippen LogP contribution in [0.5, 0.6) is 0 Å². The topological polar surface area (TPSA) is 52.9 Å². The van der Waals surface area contributed by atoms with Crippen LogP contribution in [0.4, 0.5) is 5.69 Å². The highest BCUT2D eigenvalue weighted by atomic mass is 15.1. The molecule has 0 aliphatic heterocycles. The van der Waals surface area contributed by atoms with Crippen LogP contribution < -0.4 is 0 Å². The summed E-state index contributed by atoms with van der Waals surface area (Å²) >= 11 is 0. The van der Waals surface area contributed by atoms with Gasteiger partial charge in [-0.3, -0.25) is 0 Å². The van der Waals surface area contributed by atoms with Gasteiger partial charge in [-0.25, -0.2) is 19.8 Å². The molecule has 8 aromatic carbocycles. The second kappa shape index (κ2) is 13.6. The van der Waals surface area contributed by atoms with Crippen molar-refractivity contribution in [1.82, 2.24) is 24.1 Å². The minimum atomic E-state index is 0.552. The molecule has 0 atom stereocenters. The van der Waals surface area contributed by atoms with Crippen LogP contribution in [-0.4, -0.2) is 24.1 Å². The van der Waals surface area contributed by atoms with Gasteiger partial charge in [0.15, 0.2) is 23.2 Å². The van der Waals surface area contributed by atoms with E-state index in [1.165, 1.54) is 10.8 Å². The number of aromatic nitrogens is 5. The van der Waals surface area contributed by atoms with Crippen molar-refractivity contribution in [3.8, 4) is 56.7 Å². The van der Waals surface area contributed by atoms with E-state index < -0.39 is 0 Å². The number of benzene rings is 8. The zero-order valence-corrected chi connectivity index (χ0v) is 31.2. The van der Waals surface area contributed by atoms with Crippen LogP contribution in [0.15, 0.2) is 194 Å². The van der Waals surface area contributed by atoms with E-state index in [9.17, 15) is 0 Å². The number of hydrogen-bond donors (Lipinski definition) is 0. The van der Waals surface area contributed by atoms with E-state index in [1.54, 1.807) is 0 Å². The standard InChI is InChI=1S/C52H32N6/c1-53-37-29-30-41-40-22-11-13-25-44(40)58(48(41)33-37)46-31-28-36(39-24-15-27-47-49(39)42-23-12-14-26-45(42)57(47)38-20-9-4-10-21-38)32-43(46)52-55-50(34-16-5-2-6-17-34)54-51(56-52)35-18-7-3-8-19-35/h2-33H. The van der Waals surface area contributed by atoms with Gasteiger partial charge < -0.3 is 9.13 Å². The van der Waals surface area contributed by atoms with E-state index >= 15 is 0 Å². The maximum atomic E-state index is 7.91. The van der Waals surface area contributed by atoms with Gasteiger partial charge in [-0.05, 0) is 59.7 Å². The fourth-order valence-electron chi connectivity index (χ4n) is 8.41. The molecule has 6 heteroatoms. The van der Waals surface area contributed by atoms with Gasteiger partial charge in [0.2, 0.25) is 0 Å². The highest BCUT2D eigenvalue weighted by molar-refractivity contribution is 6.16. The quantitative estimate of drug-likeness (QED) is 0.160. The lowest BCUT2D eigenvalue weighted by Crippen LogP contribution is -2.04. The molecule has 3 aromatic heterocycles. The summed E-state index contributed by atoms with van der Waals surface area (Å²) in [5, 5.41) is 4.52. The largest absolute Gasteiger partial charge is 0.310 e. The predicted octanol–water partition coefficient (Wildman–Crippen LogP) is 13.3. The van der Waals surface area contributed by atoms with Gasteiger partial charge >= 0.3 is 0 Å². The summed E-state index contributed by atoms with van der Waals surface area (Å²) < 4.78 is 4.61. The summed E-state index contributed by atoms with van der Waals surface area (Å²) in [6.07, 6.45) is 0. The summed E-state index contributed by atoms with van der Waals surface area (Å²) in [5.74, 6) is 1.73. The first-order valence-electron chi connectivity index (χ1n) is 19.2. The van der Waals surface area contributed by atoms with Crippen LogP contribution in [-0.2, 0) is 0 Å². The lowest BCUT2D eigenvalue weighted by molar-refractivity contribution is 1.06. The molecule has 11 aromatic rings. The Hall–Kier alpha value is -8.14. The molecular formula is C52H32N6. The molecular weight excluding hydrogens is 709 g/mol. The Morgan fingerprint density at radius 1 is 0.379 bits per heavy atom. The molecule has 3 heterocycles. The Balaban J connectivity index is 1.24. The fourth-order valence-corrected chi connectivity index (χ4v) is 8.41. The summed E-state index contributed by atoms with van der Waals surface area (Å²) in [6.45, 7) is 7.91. The maximum Gasteiger partial charge on any atom is 0.189 e. The first kappa shape index (κ1) is 33.2. The maximum absolute atomic E-state index is 7.91. The van der Waals surface area contributed by atoms with E-state index in [0.29, 0.717) is 23.2 Å². The van der Waals surface area contributed by atoms with Crippen molar-refractivity contribution < 1.29 is 0 Å². The first-order chi connectivity index (χ1) is 28.7. The second-order valence-corrected chi connectivity index (χ2v) is 14.3. The molecule has 0 N–H and O–H groups in total. The molecule has 0 aliphatic rings. The molecule has 0 unspecified atom stereocenters. The Morgan fingerprint density at radius 2 is 0.948 bits per heavy atom. The third-order valence-corrected chi connectivity index (χ3v) is 11.0. The number of hydrogen-bond acceptors (Lipinski definition) is 3. The zero-order chi connectivity index (χ0) is 38.6. The molecule has 11 rings (SSSR count). The van der Waals surface area contributed by atoms with Crippen LogP contribution in [0.3, 0.4) is 0 Å². The Bertz CT molecular complexity index is 3340. The molecule has 58 heavy (non-hydrogen) atoms. The van der Waals surface area contributed by atoms with Crippen LogP contribution in [0.25, 0.3) is 105 Å². The molecule has 0 saturated carbocycles. The van der Waals surface area contributed by atoms with Crippen molar-refractivity contribution in [1.29, 1.82) is 0 Å². The molecule has 270 valence electrons. The third-order valence-electron chi connectivity index (χ3n) is 11.0. The second-order valence-electron chi connectivity index (χ2n) is 14.3. The van der Waals surface area contributed by atoms with Crippen LogP contribution >= 0.6 is 0 Å². The van der Waals surface area contributed by atoms with Crippen molar-refractivity contribution >= 4 is 49.3 Å². The van der Waals surface area contributed by atoms with E-state index in [1.807, 2.05) is 72.8 Å². The van der Waals surface area contributed by atoms with Crippen molar-refractivity contribution in [2.24, 2.45) is 0 Å². The number of rotatable bonds is 6. The lowest BCUT2D eigenvalue weighted by Gasteiger charge is -2.17. The highest BCUT2D eigenvalue weighted by Crippen LogP contribution is 2.42. The van der Waals surface area contributed by atoms with Crippen LogP contribution in [0.2, 0.25) is 0 Å². The highest BCUT2D eigenvalue weighted by Gasteiger charge is 2.22. The first-order valence-corrected chi connectivity index (χ1v) is 19.2. The molecule has 0 radical (unpaired) electrons. The zero-order valence-electron chi connectivity index (χ0n) is 31.2. The van der Waals surface area contributed by atoms with Gasteiger partial charge in [0.1, 0.15) is 0 Å². The van der Waals surface area contributed by atoms with Crippen LogP contribution in [0, 0.1) is 6.57 Å². The van der Waals surface area contributed by atoms with Crippen molar-refractivity contribution in [3.05, 3.63) is 206 Å². The Labute approximate surface area is 334 Å². The molecule has 0 saturated heterocycles. The summed E-state index contributed by atoms with van der Waals surface area (Å²) in [7, 11) is 0. The number of para-hydroxylation sites is 3. The average molecular weight is 741 g/mol. The summed E-state index contributed by atoms with van der Waals surface area (Å²) in [5.41, 5.74) is 11.6. The minimum Gasteiger partial charge on any atom is -0.310 e. The van der Waals surface area contributed by atoms with Crippen molar-refractivity contribution in [2.75, 3.05) is 0 Å². The molecule has 0 spiro atoms. The normalized spacial score (nSPS) is 11.4. The van der Waals surface area contributed by atoms with Gasteiger partial charge in [0.25, 0.3) is 0 Å². The smallest absolute Gasteiger partial charge is 0.189 e. The van der Waals surface area contributed by atoms with Crippen molar-refractivity contribution in [3.63, 3.8) is 0 Å². The lowest BCUT2D eigenvalue weighted by atomic mass is 9.96. The van der Waals surface area contributed by atoms with Gasteiger partial charge in [-0.1, -0.05) is 146 Å². The molecule has 0 fully saturated rings. The Morgan fingerprint density at radius 3 is 1.64 bits per heavy atom. The van der Waals surface area contributed by atoms with E-state index in [-0.39, 0.29) is 0 Å². The SMILES string of the molecule is [C-]#[N+]c1ccc2c3ccccc3n(-c3ccc(-c4cccc5c4c4ccccc4n5-c4ccccc4)cc3-c3nc(-c4ccccc4)nc(-c4ccccc4)n3)c2c1. The third kappa shape index (κ3) is 5.37. The fraction of sp³-hybridized carbons (Fsp3) is 0. The molecule has 0 bridgehead atoms. The summed E-state index contributed by atoms with van der Waals surface area (Å²) in [4.78, 5) is 19.4.